The van der Waals surface area contributed by atoms with E-state index >= 15 is 0 Å². The minimum atomic E-state index is -0.214. The number of ether oxygens (including phenoxy) is 1. The molecule has 0 aliphatic carbocycles. The van der Waals surface area contributed by atoms with Crippen molar-refractivity contribution < 1.29 is 9.53 Å². The van der Waals surface area contributed by atoms with Crippen LogP contribution in [-0.2, 0) is 9.53 Å². The average molecular weight is 260 g/mol. The number of carbonyl (C=O) groups excluding carboxylic acids is 1. The van der Waals surface area contributed by atoms with Crippen molar-refractivity contribution in [2.75, 3.05) is 5.52 Å². The summed E-state index contributed by atoms with van der Waals surface area (Å²) in [4.78, 5) is 10.5. The Labute approximate surface area is 71.2 Å². The minimum absolute atomic E-state index is 0.157. The van der Waals surface area contributed by atoms with Gasteiger partial charge in [-0.15, -0.1) is 0 Å². The van der Waals surface area contributed by atoms with Crippen LogP contribution in [0.25, 0.3) is 0 Å². The lowest BCUT2D eigenvalue weighted by Crippen LogP contribution is -2.15. The lowest BCUT2D eigenvalue weighted by atomic mass is 10.3. The third kappa shape index (κ3) is 3.92. The van der Waals surface area contributed by atoms with Gasteiger partial charge in [0.15, 0.2) is 0 Å². The molecular weight excluding hydrogens is 252 g/mol. The van der Waals surface area contributed by atoms with Gasteiger partial charge in [0.2, 0.25) is 0 Å². The fourth-order valence-corrected chi connectivity index (χ4v) is 0.669. The zero-order valence-electron chi connectivity index (χ0n) is 5.06. The van der Waals surface area contributed by atoms with E-state index in [0.717, 1.165) is 6.42 Å². The first-order chi connectivity index (χ1) is 4.22. The highest BCUT2D eigenvalue weighted by atomic mass is 79.9. The summed E-state index contributed by atoms with van der Waals surface area (Å²) < 4.78 is 4.63. The fraction of sp³-hybridized carbons (Fsp3) is 0.800. The Kier molecular flexibility index (Phi) is 5.48. The van der Waals surface area contributed by atoms with E-state index < -0.39 is 0 Å². The summed E-state index contributed by atoms with van der Waals surface area (Å²) >= 11 is 6.13. The third-order valence-corrected chi connectivity index (χ3v) is 2.06. The first kappa shape index (κ1) is 9.43. The highest BCUT2D eigenvalue weighted by Crippen LogP contribution is 2.06. The van der Waals surface area contributed by atoms with Crippen LogP contribution in [0.1, 0.15) is 13.3 Å². The van der Waals surface area contributed by atoms with E-state index in [9.17, 15) is 4.79 Å². The number of halogens is 2. The van der Waals surface area contributed by atoms with Crippen LogP contribution < -0.4 is 0 Å². The molecule has 1 unspecified atom stereocenters. The van der Waals surface area contributed by atoms with Gasteiger partial charge in [0.1, 0.15) is 10.3 Å². The predicted octanol–water partition coefficient (Wildman–Crippen LogP) is 2.06. The van der Waals surface area contributed by atoms with Crippen molar-refractivity contribution in [2.24, 2.45) is 0 Å². The first-order valence-corrected chi connectivity index (χ1v) is 4.62. The summed E-state index contributed by atoms with van der Waals surface area (Å²) in [6.45, 7) is 1.91. The Morgan fingerprint density at radius 1 is 1.78 bits per heavy atom. The predicted molar refractivity (Wildman–Crippen MR) is 42.9 cm³/mol. The molecule has 0 saturated heterocycles. The van der Waals surface area contributed by atoms with Crippen molar-refractivity contribution in [2.45, 2.75) is 18.2 Å². The van der Waals surface area contributed by atoms with E-state index in [1.165, 1.54) is 0 Å². The van der Waals surface area contributed by atoms with Crippen molar-refractivity contribution in [3.8, 4) is 0 Å². The molecule has 0 radical (unpaired) electrons. The molecular formula is C5H8Br2O2. The highest BCUT2D eigenvalue weighted by molar-refractivity contribution is 9.10. The number of alkyl halides is 2. The van der Waals surface area contributed by atoms with Crippen LogP contribution in [0.5, 0.6) is 0 Å². The zero-order chi connectivity index (χ0) is 7.28. The Hall–Kier alpha value is 0.430. The molecule has 0 rings (SSSR count). The Balaban J connectivity index is 3.46. The largest absolute Gasteiger partial charge is 0.453 e. The molecule has 0 saturated carbocycles. The van der Waals surface area contributed by atoms with Crippen LogP contribution in [0.3, 0.4) is 0 Å². The Morgan fingerprint density at radius 3 is 2.67 bits per heavy atom. The zero-order valence-corrected chi connectivity index (χ0v) is 8.24. The van der Waals surface area contributed by atoms with Crippen molar-refractivity contribution in [1.82, 2.24) is 0 Å². The maximum Gasteiger partial charge on any atom is 0.320 e. The van der Waals surface area contributed by atoms with E-state index in [1.807, 2.05) is 6.92 Å². The maximum atomic E-state index is 10.7. The normalized spacial score (nSPS) is 12.8. The molecule has 0 heterocycles. The number of esters is 1. The summed E-state index contributed by atoms with van der Waals surface area (Å²) in [6, 6.07) is 0. The summed E-state index contributed by atoms with van der Waals surface area (Å²) in [7, 11) is 0. The second kappa shape index (κ2) is 5.23. The van der Waals surface area contributed by atoms with Crippen LogP contribution >= 0.6 is 31.9 Å². The van der Waals surface area contributed by atoms with Crippen molar-refractivity contribution >= 4 is 37.8 Å². The van der Waals surface area contributed by atoms with E-state index in [-0.39, 0.29) is 16.3 Å². The standard InChI is InChI=1S/C5H8Br2O2/c1-2-4(7)5(8)9-3-6/h4H,2-3H2,1H3. The molecule has 0 bridgehead atoms. The van der Waals surface area contributed by atoms with Crippen LogP contribution in [0.2, 0.25) is 0 Å². The van der Waals surface area contributed by atoms with E-state index in [0.29, 0.717) is 0 Å². The molecule has 4 heteroatoms. The van der Waals surface area contributed by atoms with Crippen LogP contribution in [0, 0.1) is 0 Å². The molecule has 0 N–H and O–H groups in total. The van der Waals surface area contributed by atoms with E-state index in [1.54, 1.807) is 0 Å². The minimum Gasteiger partial charge on any atom is -0.453 e. The maximum absolute atomic E-state index is 10.7. The molecule has 0 aliphatic rings. The van der Waals surface area contributed by atoms with Crippen molar-refractivity contribution in [3.05, 3.63) is 0 Å². The van der Waals surface area contributed by atoms with Crippen molar-refractivity contribution in [3.63, 3.8) is 0 Å². The highest BCUT2D eigenvalue weighted by Gasteiger charge is 2.12. The third-order valence-electron chi connectivity index (χ3n) is 0.811. The molecule has 54 valence electrons. The number of hydrogen-bond donors (Lipinski definition) is 0. The van der Waals surface area contributed by atoms with Gasteiger partial charge in [0, 0.05) is 0 Å². The van der Waals surface area contributed by atoms with Gasteiger partial charge in [-0.3, -0.25) is 4.79 Å². The van der Waals surface area contributed by atoms with E-state index in [4.69, 9.17) is 0 Å². The second-order valence-corrected chi connectivity index (χ2v) is 3.01. The Morgan fingerprint density at radius 2 is 2.33 bits per heavy atom. The smallest absolute Gasteiger partial charge is 0.320 e. The number of carbonyl (C=O) groups is 1. The summed E-state index contributed by atoms with van der Waals surface area (Å²) in [5.74, 6) is -0.214. The van der Waals surface area contributed by atoms with Gasteiger partial charge in [0.05, 0.1) is 0 Å². The fourth-order valence-electron chi connectivity index (χ4n) is 0.311. The van der Waals surface area contributed by atoms with Crippen LogP contribution in [0.4, 0.5) is 0 Å². The molecule has 0 aliphatic heterocycles. The first-order valence-electron chi connectivity index (χ1n) is 2.59. The number of rotatable bonds is 3. The molecule has 0 aromatic heterocycles. The molecule has 1 atom stereocenters. The molecule has 0 spiro atoms. The molecule has 0 aromatic rings. The van der Waals surface area contributed by atoms with E-state index in [2.05, 4.69) is 36.6 Å². The average Bonchev–Trinajstić information content (AvgIpc) is 1.87. The van der Waals surface area contributed by atoms with Crippen LogP contribution in [0.15, 0.2) is 0 Å². The molecule has 0 amide bonds. The molecule has 9 heavy (non-hydrogen) atoms. The second-order valence-electron chi connectivity index (χ2n) is 1.45. The topological polar surface area (TPSA) is 26.3 Å². The lowest BCUT2D eigenvalue weighted by molar-refractivity contribution is -0.140. The lowest BCUT2D eigenvalue weighted by Gasteiger charge is -2.03. The van der Waals surface area contributed by atoms with Crippen LogP contribution in [-0.4, -0.2) is 16.3 Å². The van der Waals surface area contributed by atoms with Crippen molar-refractivity contribution in [1.29, 1.82) is 0 Å². The van der Waals surface area contributed by atoms with Gasteiger partial charge in [0.25, 0.3) is 0 Å². The quantitative estimate of drug-likeness (QED) is 0.573. The molecule has 0 aromatic carbocycles. The van der Waals surface area contributed by atoms with Gasteiger partial charge < -0.3 is 4.74 Å². The SMILES string of the molecule is CCC(Br)C(=O)OCBr. The summed E-state index contributed by atoms with van der Waals surface area (Å²) in [5, 5.41) is 0. The van der Waals surface area contributed by atoms with Gasteiger partial charge in [-0.1, -0.05) is 22.9 Å². The monoisotopic (exact) mass is 258 g/mol. The summed E-state index contributed by atoms with van der Waals surface area (Å²) in [6.07, 6.45) is 0.756. The molecule has 2 nitrogen and oxygen atoms in total. The number of hydrogen-bond acceptors (Lipinski definition) is 2. The Bertz CT molecular complexity index is 95.0. The van der Waals surface area contributed by atoms with Gasteiger partial charge in [-0.2, -0.15) is 0 Å². The van der Waals surface area contributed by atoms with Gasteiger partial charge in [-0.25, -0.2) is 0 Å². The van der Waals surface area contributed by atoms with Gasteiger partial charge in [-0.05, 0) is 22.4 Å². The van der Waals surface area contributed by atoms with Gasteiger partial charge >= 0.3 is 5.97 Å². The summed E-state index contributed by atoms with van der Waals surface area (Å²) in [5.41, 5.74) is 0.272. The molecule has 0 fully saturated rings.